The fourth-order valence-electron chi connectivity index (χ4n) is 3.75. The van der Waals surface area contributed by atoms with Crippen molar-refractivity contribution in [2.45, 2.75) is 44.9 Å². The predicted molar refractivity (Wildman–Crippen MR) is 85.6 cm³/mol. The Labute approximate surface area is 124 Å². The van der Waals surface area contributed by atoms with Crippen LogP contribution in [0.5, 0.6) is 5.75 Å². The van der Waals surface area contributed by atoms with Gasteiger partial charge >= 0.3 is 0 Å². The van der Waals surface area contributed by atoms with Crippen LogP contribution < -0.4 is 4.74 Å². The largest absolute Gasteiger partial charge is 0.497 e. The molecule has 0 spiro atoms. The molecule has 0 bridgehead atoms. The highest BCUT2D eigenvalue weighted by Crippen LogP contribution is 2.46. The van der Waals surface area contributed by atoms with E-state index in [9.17, 15) is 0 Å². The quantitative estimate of drug-likeness (QED) is 0.808. The van der Waals surface area contributed by atoms with Crippen molar-refractivity contribution in [3.63, 3.8) is 0 Å². The maximum atomic E-state index is 5.46. The Balaban J connectivity index is 2.40. The third-order valence-corrected chi connectivity index (χ3v) is 5.17. The first-order chi connectivity index (χ1) is 9.51. The minimum absolute atomic E-state index is 0.279. The van der Waals surface area contributed by atoms with E-state index in [1.807, 2.05) is 0 Å². The lowest BCUT2D eigenvalue weighted by molar-refractivity contribution is 0.208. The molecule has 1 aliphatic rings. The van der Waals surface area contributed by atoms with Gasteiger partial charge in [0, 0.05) is 0 Å². The van der Waals surface area contributed by atoms with Crippen LogP contribution in [-0.4, -0.2) is 32.6 Å². The summed E-state index contributed by atoms with van der Waals surface area (Å²) in [6.45, 7) is 5.94. The molecule has 0 saturated heterocycles. The van der Waals surface area contributed by atoms with Gasteiger partial charge in [-0.2, -0.15) is 0 Å². The number of aryl methyl sites for hydroxylation is 1. The monoisotopic (exact) mass is 275 g/mol. The molecule has 1 aliphatic carbocycles. The Morgan fingerprint density at radius 2 is 2.10 bits per heavy atom. The van der Waals surface area contributed by atoms with Crippen molar-refractivity contribution < 1.29 is 4.74 Å². The summed E-state index contributed by atoms with van der Waals surface area (Å²) in [6, 6.07) is 6.66. The second-order valence-corrected chi connectivity index (χ2v) is 6.64. The molecule has 0 aromatic heterocycles. The van der Waals surface area contributed by atoms with Crippen molar-refractivity contribution in [2.24, 2.45) is 5.92 Å². The number of hydrogen-bond donors (Lipinski definition) is 0. The fourth-order valence-corrected chi connectivity index (χ4v) is 3.75. The third kappa shape index (κ3) is 2.85. The molecular formula is C18H29NO. The molecule has 2 rings (SSSR count). The molecule has 0 aliphatic heterocycles. The maximum Gasteiger partial charge on any atom is 0.119 e. The Hall–Kier alpha value is -1.02. The molecule has 2 unspecified atom stereocenters. The average molecular weight is 275 g/mol. The van der Waals surface area contributed by atoms with Gasteiger partial charge in [0.1, 0.15) is 5.75 Å². The molecular weight excluding hydrogens is 246 g/mol. The number of rotatable bonds is 5. The van der Waals surface area contributed by atoms with Gasteiger partial charge in [0.25, 0.3) is 0 Å². The molecule has 2 nitrogen and oxygen atoms in total. The van der Waals surface area contributed by atoms with E-state index in [-0.39, 0.29) is 5.41 Å². The molecule has 0 amide bonds. The van der Waals surface area contributed by atoms with Gasteiger partial charge in [0.15, 0.2) is 0 Å². The number of hydrogen-bond acceptors (Lipinski definition) is 2. The number of benzene rings is 1. The zero-order valence-electron chi connectivity index (χ0n) is 13.7. The normalized spacial score (nSPS) is 25.6. The lowest BCUT2D eigenvalue weighted by atomic mass is 9.62. The number of methoxy groups -OCH3 is 1. The van der Waals surface area contributed by atoms with Gasteiger partial charge in [0.05, 0.1) is 7.11 Å². The topological polar surface area (TPSA) is 12.5 Å². The molecule has 1 aromatic rings. The molecule has 0 fully saturated rings. The Morgan fingerprint density at radius 1 is 1.35 bits per heavy atom. The smallest absolute Gasteiger partial charge is 0.119 e. The highest BCUT2D eigenvalue weighted by atomic mass is 16.5. The summed E-state index contributed by atoms with van der Waals surface area (Å²) >= 11 is 0. The van der Waals surface area contributed by atoms with Crippen LogP contribution in [0.2, 0.25) is 0 Å². The van der Waals surface area contributed by atoms with Crippen LogP contribution in [0.4, 0.5) is 0 Å². The second kappa shape index (κ2) is 6.17. The van der Waals surface area contributed by atoms with Crippen LogP contribution in [0.25, 0.3) is 0 Å². The summed E-state index contributed by atoms with van der Waals surface area (Å²) in [5, 5.41) is 0. The van der Waals surface area contributed by atoms with Gasteiger partial charge in [-0.05, 0) is 74.5 Å². The summed E-state index contributed by atoms with van der Waals surface area (Å²) in [7, 11) is 6.10. The molecule has 20 heavy (non-hydrogen) atoms. The standard InChI is InChI=1S/C18H29NO/c1-6-15-9-7-14-8-10-16(20-5)13-17(14)18(15,2)11-12-19(3)4/h8,10,13,15H,6-7,9,11-12H2,1-5H3. The summed E-state index contributed by atoms with van der Waals surface area (Å²) in [5.74, 6) is 1.78. The van der Waals surface area contributed by atoms with Gasteiger partial charge in [-0.1, -0.05) is 26.3 Å². The van der Waals surface area contributed by atoms with E-state index < -0.39 is 0 Å². The summed E-state index contributed by atoms with van der Waals surface area (Å²) in [6.07, 6.45) is 5.02. The summed E-state index contributed by atoms with van der Waals surface area (Å²) in [5.41, 5.74) is 3.33. The Kier molecular flexibility index (Phi) is 4.74. The van der Waals surface area contributed by atoms with Crippen LogP contribution in [0.1, 0.15) is 44.2 Å². The van der Waals surface area contributed by atoms with Crippen LogP contribution in [0.15, 0.2) is 18.2 Å². The Morgan fingerprint density at radius 3 is 2.70 bits per heavy atom. The molecule has 2 heteroatoms. The fraction of sp³-hybridized carbons (Fsp3) is 0.667. The van der Waals surface area contributed by atoms with E-state index in [1.54, 1.807) is 7.11 Å². The van der Waals surface area contributed by atoms with E-state index in [4.69, 9.17) is 4.74 Å². The van der Waals surface area contributed by atoms with Gasteiger partial charge in [0.2, 0.25) is 0 Å². The highest BCUT2D eigenvalue weighted by molar-refractivity contribution is 5.42. The van der Waals surface area contributed by atoms with Gasteiger partial charge < -0.3 is 9.64 Å². The van der Waals surface area contributed by atoms with Gasteiger partial charge in [-0.25, -0.2) is 0 Å². The van der Waals surface area contributed by atoms with E-state index in [0.29, 0.717) is 0 Å². The first-order valence-corrected chi connectivity index (χ1v) is 7.83. The number of nitrogens with zero attached hydrogens (tertiary/aromatic N) is 1. The lowest BCUT2D eigenvalue weighted by Gasteiger charge is -2.44. The summed E-state index contributed by atoms with van der Waals surface area (Å²) in [4.78, 5) is 2.30. The van der Waals surface area contributed by atoms with Crippen molar-refractivity contribution in [3.05, 3.63) is 29.3 Å². The zero-order valence-corrected chi connectivity index (χ0v) is 13.7. The predicted octanol–water partition coefficient (Wildman–Crippen LogP) is 3.88. The van der Waals surface area contributed by atoms with Crippen LogP contribution in [0, 0.1) is 5.92 Å². The summed E-state index contributed by atoms with van der Waals surface area (Å²) < 4.78 is 5.46. The second-order valence-electron chi connectivity index (χ2n) is 6.64. The molecule has 0 N–H and O–H groups in total. The van der Waals surface area contributed by atoms with E-state index in [1.165, 1.54) is 36.8 Å². The van der Waals surface area contributed by atoms with Crippen molar-refractivity contribution in [2.75, 3.05) is 27.7 Å². The lowest BCUT2D eigenvalue weighted by Crippen LogP contribution is -2.39. The van der Waals surface area contributed by atoms with Gasteiger partial charge in [-0.15, -0.1) is 0 Å². The molecule has 0 radical (unpaired) electrons. The number of ether oxygens (including phenoxy) is 1. The first-order valence-electron chi connectivity index (χ1n) is 7.83. The van der Waals surface area contributed by atoms with Crippen molar-refractivity contribution in [1.82, 2.24) is 4.90 Å². The SMILES string of the molecule is CCC1CCc2ccc(OC)cc2C1(C)CCN(C)C. The number of fused-ring (bicyclic) bond motifs is 1. The van der Waals surface area contributed by atoms with Gasteiger partial charge in [-0.3, -0.25) is 0 Å². The van der Waals surface area contributed by atoms with Crippen molar-refractivity contribution >= 4 is 0 Å². The third-order valence-electron chi connectivity index (χ3n) is 5.17. The molecule has 1 aromatic carbocycles. The molecule has 0 saturated carbocycles. The van der Waals surface area contributed by atoms with E-state index in [0.717, 1.165) is 18.2 Å². The average Bonchev–Trinajstić information content (AvgIpc) is 2.45. The minimum Gasteiger partial charge on any atom is -0.497 e. The molecule has 0 heterocycles. The van der Waals surface area contributed by atoms with E-state index in [2.05, 4.69) is 51.0 Å². The minimum atomic E-state index is 0.279. The van der Waals surface area contributed by atoms with Crippen LogP contribution in [-0.2, 0) is 11.8 Å². The molecule has 2 atom stereocenters. The van der Waals surface area contributed by atoms with Crippen LogP contribution in [0.3, 0.4) is 0 Å². The maximum absolute atomic E-state index is 5.46. The Bertz CT molecular complexity index is 455. The first kappa shape index (κ1) is 15.4. The van der Waals surface area contributed by atoms with Crippen LogP contribution >= 0.6 is 0 Å². The zero-order chi connectivity index (χ0) is 14.8. The molecule has 112 valence electrons. The van der Waals surface area contributed by atoms with Crippen molar-refractivity contribution in [1.29, 1.82) is 0 Å². The van der Waals surface area contributed by atoms with Crippen molar-refractivity contribution in [3.8, 4) is 5.75 Å². The van der Waals surface area contributed by atoms with E-state index >= 15 is 0 Å². The highest BCUT2D eigenvalue weighted by Gasteiger charge is 2.39.